The number of aryl methyl sites for hydroxylation is 1. The van der Waals surface area contributed by atoms with Crippen molar-refractivity contribution in [1.29, 1.82) is 0 Å². The first-order valence-corrected chi connectivity index (χ1v) is 9.88. The second-order valence-electron chi connectivity index (χ2n) is 6.39. The van der Waals surface area contributed by atoms with E-state index in [1.807, 2.05) is 48.5 Å². The molecule has 0 unspecified atom stereocenters. The molecule has 3 aromatic rings. The van der Waals surface area contributed by atoms with E-state index in [4.69, 9.17) is 0 Å². The zero-order valence-corrected chi connectivity index (χ0v) is 17.1. The van der Waals surface area contributed by atoms with Crippen molar-refractivity contribution in [3.05, 3.63) is 94.0 Å². The Labute approximate surface area is 173 Å². The van der Waals surface area contributed by atoms with Crippen LogP contribution >= 0.6 is 15.9 Å². The lowest BCUT2D eigenvalue weighted by atomic mass is 10.1. The largest absolute Gasteiger partial charge is 0.326 e. The Morgan fingerprint density at radius 1 is 0.857 bits per heavy atom. The maximum atomic E-state index is 12.3. The monoisotopic (exact) mass is 436 g/mol. The van der Waals surface area contributed by atoms with Crippen LogP contribution in [0.2, 0.25) is 0 Å². The lowest BCUT2D eigenvalue weighted by molar-refractivity contribution is -0.115. The molecule has 142 valence electrons. The van der Waals surface area contributed by atoms with E-state index in [0.717, 1.165) is 27.7 Å². The number of carbonyl (C=O) groups is 2. The SMILES string of the molecule is CCc1ccccc1NC(=O)Cc1ccc(NC(=O)c2ccc(Br)cc2)cc1. The number of hydrogen-bond donors (Lipinski definition) is 2. The molecular weight excluding hydrogens is 416 g/mol. The van der Waals surface area contributed by atoms with E-state index < -0.39 is 0 Å². The van der Waals surface area contributed by atoms with Crippen molar-refractivity contribution in [2.24, 2.45) is 0 Å². The van der Waals surface area contributed by atoms with E-state index in [2.05, 4.69) is 33.5 Å². The van der Waals surface area contributed by atoms with Crippen LogP contribution in [-0.2, 0) is 17.6 Å². The van der Waals surface area contributed by atoms with Gasteiger partial charge < -0.3 is 10.6 Å². The molecule has 0 atom stereocenters. The van der Waals surface area contributed by atoms with E-state index in [0.29, 0.717) is 11.3 Å². The topological polar surface area (TPSA) is 58.2 Å². The van der Waals surface area contributed by atoms with Crippen molar-refractivity contribution in [1.82, 2.24) is 0 Å². The maximum absolute atomic E-state index is 12.3. The van der Waals surface area contributed by atoms with Gasteiger partial charge in [-0.25, -0.2) is 0 Å². The van der Waals surface area contributed by atoms with Crippen LogP contribution in [0, 0.1) is 0 Å². The van der Waals surface area contributed by atoms with Gasteiger partial charge in [-0.15, -0.1) is 0 Å². The quantitative estimate of drug-likeness (QED) is 0.539. The predicted molar refractivity (Wildman–Crippen MR) is 117 cm³/mol. The summed E-state index contributed by atoms with van der Waals surface area (Å²) in [4.78, 5) is 24.6. The molecule has 28 heavy (non-hydrogen) atoms. The number of carbonyl (C=O) groups excluding carboxylic acids is 2. The summed E-state index contributed by atoms with van der Waals surface area (Å²) >= 11 is 3.35. The minimum Gasteiger partial charge on any atom is -0.326 e. The van der Waals surface area contributed by atoms with Gasteiger partial charge in [-0.3, -0.25) is 9.59 Å². The zero-order chi connectivity index (χ0) is 19.9. The van der Waals surface area contributed by atoms with Gasteiger partial charge in [0.05, 0.1) is 6.42 Å². The second-order valence-corrected chi connectivity index (χ2v) is 7.31. The van der Waals surface area contributed by atoms with Crippen molar-refractivity contribution in [3.63, 3.8) is 0 Å². The molecule has 0 bridgehead atoms. The molecule has 0 saturated heterocycles. The number of benzene rings is 3. The first kappa shape index (κ1) is 19.8. The summed E-state index contributed by atoms with van der Waals surface area (Å²) < 4.78 is 0.924. The second kappa shape index (κ2) is 9.33. The fourth-order valence-electron chi connectivity index (χ4n) is 2.84. The third-order valence-corrected chi connectivity index (χ3v) is 4.88. The molecule has 4 nitrogen and oxygen atoms in total. The Balaban J connectivity index is 1.58. The van der Waals surface area contributed by atoms with E-state index in [9.17, 15) is 9.59 Å². The summed E-state index contributed by atoms with van der Waals surface area (Å²) in [6.45, 7) is 2.06. The number of rotatable bonds is 6. The Kier molecular flexibility index (Phi) is 6.61. The molecule has 0 saturated carbocycles. The molecule has 0 spiro atoms. The average molecular weight is 437 g/mol. The minimum absolute atomic E-state index is 0.0625. The van der Waals surface area contributed by atoms with E-state index in [-0.39, 0.29) is 18.2 Å². The minimum atomic E-state index is -0.172. The van der Waals surface area contributed by atoms with Crippen LogP contribution in [0.3, 0.4) is 0 Å². The van der Waals surface area contributed by atoms with E-state index in [1.54, 1.807) is 24.3 Å². The van der Waals surface area contributed by atoms with Gasteiger partial charge in [0.2, 0.25) is 5.91 Å². The zero-order valence-electron chi connectivity index (χ0n) is 15.5. The highest BCUT2D eigenvalue weighted by Crippen LogP contribution is 2.17. The molecule has 5 heteroatoms. The summed E-state index contributed by atoms with van der Waals surface area (Å²) in [5.41, 5.74) is 4.12. The van der Waals surface area contributed by atoms with Crippen LogP contribution in [0.15, 0.2) is 77.3 Å². The highest BCUT2D eigenvalue weighted by molar-refractivity contribution is 9.10. The molecule has 0 aliphatic carbocycles. The lowest BCUT2D eigenvalue weighted by Gasteiger charge is -2.10. The van der Waals surface area contributed by atoms with Crippen molar-refractivity contribution in [2.45, 2.75) is 19.8 Å². The Morgan fingerprint density at radius 3 is 2.21 bits per heavy atom. The van der Waals surface area contributed by atoms with Gasteiger partial charge >= 0.3 is 0 Å². The molecule has 3 aromatic carbocycles. The van der Waals surface area contributed by atoms with Gasteiger partial charge in [0.25, 0.3) is 5.91 Å². The fraction of sp³-hybridized carbons (Fsp3) is 0.130. The molecule has 0 heterocycles. The Hall–Kier alpha value is -2.92. The van der Waals surface area contributed by atoms with Crippen molar-refractivity contribution in [2.75, 3.05) is 10.6 Å². The number of amides is 2. The molecular formula is C23H21BrN2O2. The summed E-state index contributed by atoms with van der Waals surface area (Å²) in [5.74, 6) is -0.235. The molecule has 0 aliphatic heterocycles. The number of anilines is 2. The molecule has 0 radical (unpaired) electrons. The molecule has 0 aliphatic rings. The number of nitrogens with one attached hydrogen (secondary N) is 2. The molecule has 2 N–H and O–H groups in total. The molecule has 0 fully saturated rings. The molecule has 0 aromatic heterocycles. The smallest absolute Gasteiger partial charge is 0.255 e. The van der Waals surface area contributed by atoms with Crippen molar-refractivity contribution in [3.8, 4) is 0 Å². The van der Waals surface area contributed by atoms with E-state index in [1.165, 1.54) is 0 Å². The summed E-state index contributed by atoms with van der Waals surface area (Å²) in [7, 11) is 0. The van der Waals surface area contributed by atoms with Crippen LogP contribution < -0.4 is 10.6 Å². The highest BCUT2D eigenvalue weighted by atomic mass is 79.9. The number of halogens is 1. The van der Waals surface area contributed by atoms with E-state index >= 15 is 0 Å². The summed E-state index contributed by atoms with van der Waals surface area (Å²) in [5, 5.41) is 5.83. The van der Waals surface area contributed by atoms with Gasteiger partial charge in [-0.2, -0.15) is 0 Å². The first-order valence-electron chi connectivity index (χ1n) is 9.09. The van der Waals surface area contributed by atoms with Crippen LogP contribution in [0.4, 0.5) is 11.4 Å². The third kappa shape index (κ3) is 5.30. The van der Waals surface area contributed by atoms with Crippen molar-refractivity contribution < 1.29 is 9.59 Å². The summed E-state index contributed by atoms with van der Waals surface area (Å²) in [6.07, 6.45) is 1.14. The Morgan fingerprint density at radius 2 is 1.54 bits per heavy atom. The highest BCUT2D eigenvalue weighted by Gasteiger charge is 2.08. The average Bonchev–Trinajstić information content (AvgIpc) is 2.70. The summed E-state index contributed by atoms with van der Waals surface area (Å²) in [6, 6.07) is 22.3. The lowest BCUT2D eigenvalue weighted by Crippen LogP contribution is -2.15. The number of para-hydroxylation sites is 1. The standard InChI is InChI=1S/C23H21BrN2O2/c1-2-17-5-3-4-6-21(17)26-22(27)15-16-7-13-20(14-8-16)25-23(28)18-9-11-19(24)12-10-18/h3-14H,2,15H2,1H3,(H,25,28)(H,26,27). The fourth-order valence-corrected chi connectivity index (χ4v) is 3.11. The van der Waals surface area contributed by atoms with Gasteiger partial charge in [-0.05, 0) is 60.0 Å². The van der Waals surface area contributed by atoms with Gasteiger partial charge in [0, 0.05) is 21.4 Å². The van der Waals surface area contributed by atoms with Crippen molar-refractivity contribution >= 4 is 39.1 Å². The van der Waals surface area contributed by atoms with Gasteiger partial charge in [0.15, 0.2) is 0 Å². The predicted octanol–water partition coefficient (Wildman–Crippen LogP) is 5.45. The first-order chi connectivity index (χ1) is 13.5. The Bertz CT molecular complexity index is 967. The molecule has 3 rings (SSSR count). The maximum Gasteiger partial charge on any atom is 0.255 e. The normalized spacial score (nSPS) is 10.4. The van der Waals surface area contributed by atoms with Crippen LogP contribution in [0.25, 0.3) is 0 Å². The van der Waals surface area contributed by atoms with Crippen LogP contribution in [0.5, 0.6) is 0 Å². The van der Waals surface area contributed by atoms with Crippen LogP contribution in [-0.4, -0.2) is 11.8 Å². The number of hydrogen-bond acceptors (Lipinski definition) is 2. The van der Waals surface area contributed by atoms with Gasteiger partial charge in [-0.1, -0.05) is 53.2 Å². The van der Waals surface area contributed by atoms with Gasteiger partial charge in [0.1, 0.15) is 0 Å². The molecule has 2 amide bonds. The van der Waals surface area contributed by atoms with Crippen LogP contribution in [0.1, 0.15) is 28.4 Å². The third-order valence-electron chi connectivity index (χ3n) is 4.36.